The van der Waals surface area contributed by atoms with E-state index < -0.39 is 36.1 Å². The summed E-state index contributed by atoms with van der Waals surface area (Å²) in [4.78, 5) is 52.7. The average molecular weight is 733 g/mol. The number of benzene rings is 2. The summed E-state index contributed by atoms with van der Waals surface area (Å²) in [6.45, 7) is 3.47. The minimum Gasteiger partial charge on any atom is -0.493 e. The largest absolute Gasteiger partial charge is 0.493 e. The molecule has 4 rings (SSSR count). The third kappa shape index (κ3) is 9.82. The molecule has 280 valence electrons. The number of ether oxygens (including phenoxy) is 6. The maximum atomic E-state index is 13.4. The zero-order valence-corrected chi connectivity index (χ0v) is 30.3. The van der Waals surface area contributed by atoms with E-state index >= 15 is 0 Å². The van der Waals surface area contributed by atoms with E-state index in [1.54, 1.807) is 17.0 Å². The minimum atomic E-state index is -0.510. The molecular weight excluding hydrogens is 684 g/mol. The van der Waals surface area contributed by atoms with Gasteiger partial charge >= 0.3 is 11.9 Å². The van der Waals surface area contributed by atoms with Gasteiger partial charge in [-0.25, -0.2) is 0 Å². The highest BCUT2D eigenvalue weighted by Gasteiger charge is 2.39. The molecule has 2 saturated heterocycles. The Bertz CT molecular complexity index is 1460. The van der Waals surface area contributed by atoms with Crippen LogP contribution in [-0.4, -0.2) is 116 Å². The number of aliphatic hydroxyl groups excluding tert-OH is 1. The molecule has 2 heterocycles. The molecule has 2 amide bonds. The Morgan fingerprint density at radius 2 is 1.16 bits per heavy atom. The van der Waals surface area contributed by atoms with Gasteiger partial charge in [0, 0.05) is 62.0 Å². The SMILES string of the molecule is COc1cc(C(=O)N2C[C@H](OC(C)=O)C[C@H]2CO)c(N)cc1OCCCCCOc1cc(N)c(C(=O)N2C[C@H](OC(C)=O)C[C@H]2CS)cc1OC. The highest BCUT2D eigenvalue weighted by atomic mass is 32.1. The molecule has 4 atom stereocenters. The lowest BCUT2D eigenvalue weighted by Crippen LogP contribution is -2.38. The van der Waals surface area contributed by atoms with Gasteiger partial charge in [0.1, 0.15) is 12.2 Å². The third-order valence-corrected chi connectivity index (χ3v) is 9.22. The van der Waals surface area contributed by atoms with Gasteiger partial charge in [0.2, 0.25) is 0 Å². The molecule has 0 bridgehead atoms. The van der Waals surface area contributed by atoms with E-state index in [4.69, 9.17) is 39.9 Å². The summed E-state index contributed by atoms with van der Waals surface area (Å²) in [6, 6.07) is 5.46. The molecule has 2 fully saturated rings. The Hall–Kier alpha value is -4.57. The van der Waals surface area contributed by atoms with Crippen LogP contribution in [0, 0.1) is 0 Å². The van der Waals surface area contributed by atoms with Crippen LogP contribution in [0.5, 0.6) is 23.0 Å². The number of rotatable bonds is 16. The first-order valence-electron chi connectivity index (χ1n) is 16.8. The lowest BCUT2D eigenvalue weighted by atomic mass is 10.1. The fraction of sp³-hybridized carbons (Fsp3) is 0.543. The molecule has 0 unspecified atom stereocenters. The van der Waals surface area contributed by atoms with Crippen molar-refractivity contribution in [1.29, 1.82) is 0 Å². The summed E-state index contributed by atoms with van der Waals surface area (Å²) in [7, 11) is 2.94. The predicted octanol–water partition coefficient (Wildman–Crippen LogP) is 2.71. The van der Waals surface area contributed by atoms with Crippen molar-refractivity contribution >= 4 is 47.8 Å². The second kappa shape index (κ2) is 18.1. The van der Waals surface area contributed by atoms with Gasteiger partial charge in [-0.2, -0.15) is 12.6 Å². The Kier molecular flexibility index (Phi) is 13.9. The van der Waals surface area contributed by atoms with Gasteiger partial charge in [-0.05, 0) is 31.4 Å². The van der Waals surface area contributed by atoms with E-state index in [1.807, 2.05) is 0 Å². The summed E-state index contributed by atoms with van der Waals surface area (Å²) in [5.41, 5.74) is 13.4. The summed E-state index contributed by atoms with van der Waals surface area (Å²) < 4.78 is 33.5. The van der Waals surface area contributed by atoms with Crippen LogP contribution in [0.2, 0.25) is 0 Å². The zero-order chi connectivity index (χ0) is 37.2. The van der Waals surface area contributed by atoms with E-state index in [2.05, 4.69) is 12.6 Å². The molecule has 2 aliphatic rings. The molecule has 2 aliphatic heterocycles. The van der Waals surface area contributed by atoms with Gasteiger partial charge < -0.3 is 54.8 Å². The number of nitrogens with zero attached hydrogens (tertiary/aromatic N) is 2. The van der Waals surface area contributed by atoms with E-state index in [0.717, 1.165) is 6.42 Å². The molecule has 0 aliphatic carbocycles. The first-order valence-corrected chi connectivity index (χ1v) is 17.4. The fourth-order valence-corrected chi connectivity index (χ4v) is 6.70. The number of nitrogen functional groups attached to an aromatic ring is 2. The number of amides is 2. The first-order chi connectivity index (χ1) is 24.4. The van der Waals surface area contributed by atoms with Crippen molar-refractivity contribution in [2.45, 2.75) is 70.2 Å². The van der Waals surface area contributed by atoms with Crippen LogP contribution >= 0.6 is 12.6 Å². The molecule has 0 aromatic heterocycles. The second-order valence-electron chi connectivity index (χ2n) is 12.5. The Labute approximate surface area is 302 Å². The Balaban J connectivity index is 1.27. The number of unbranched alkanes of at least 4 members (excludes halogenated alkanes) is 2. The molecule has 15 nitrogen and oxygen atoms in total. The monoisotopic (exact) mass is 732 g/mol. The summed E-state index contributed by atoms with van der Waals surface area (Å²) >= 11 is 4.37. The van der Waals surface area contributed by atoms with Crippen LogP contribution in [0.4, 0.5) is 11.4 Å². The maximum absolute atomic E-state index is 13.4. The van der Waals surface area contributed by atoms with Gasteiger partial charge in [-0.3, -0.25) is 19.2 Å². The number of methoxy groups -OCH3 is 2. The zero-order valence-electron chi connectivity index (χ0n) is 29.4. The molecule has 2 aromatic rings. The predicted molar refractivity (Wildman–Crippen MR) is 191 cm³/mol. The number of carbonyl (C=O) groups is 4. The fourth-order valence-electron chi connectivity index (χ4n) is 6.35. The van der Waals surface area contributed by atoms with Gasteiger partial charge in [0.05, 0.1) is 64.3 Å². The summed E-state index contributed by atoms with van der Waals surface area (Å²) in [6.07, 6.45) is 2.05. The minimum absolute atomic E-state index is 0.148. The summed E-state index contributed by atoms with van der Waals surface area (Å²) in [5, 5.41) is 9.81. The van der Waals surface area contributed by atoms with Crippen LogP contribution in [0.15, 0.2) is 24.3 Å². The average Bonchev–Trinajstić information content (AvgIpc) is 3.70. The molecule has 2 aromatic carbocycles. The second-order valence-corrected chi connectivity index (χ2v) is 12.8. The number of carbonyl (C=O) groups excluding carboxylic acids is 4. The van der Waals surface area contributed by atoms with Crippen molar-refractivity contribution < 1.29 is 52.7 Å². The number of nitrogens with two attached hydrogens (primary N) is 2. The molecule has 0 spiro atoms. The number of aliphatic hydroxyl groups is 1. The van der Waals surface area contributed by atoms with Gasteiger partial charge in [-0.1, -0.05) is 0 Å². The molecule has 51 heavy (non-hydrogen) atoms. The van der Waals surface area contributed by atoms with Crippen molar-refractivity contribution in [2.24, 2.45) is 0 Å². The van der Waals surface area contributed by atoms with E-state index in [9.17, 15) is 24.3 Å². The molecule has 0 saturated carbocycles. The van der Waals surface area contributed by atoms with Crippen LogP contribution in [-0.2, 0) is 19.1 Å². The number of esters is 2. The highest BCUT2D eigenvalue weighted by molar-refractivity contribution is 7.80. The van der Waals surface area contributed by atoms with Crippen molar-refractivity contribution in [2.75, 3.05) is 64.3 Å². The highest BCUT2D eigenvalue weighted by Crippen LogP contribution is 2.36. The lowest BCUT2D eigenvalue weighted by Gasteiger charge is -2.24. The van der Waals surface area contributed by atoms with Crippen LogP contribution < -0.4 is 30.4 Å². The number of hydrogen-bond acceptors (Lipinski definition) is 14. The smallest absolute Gasteiger partial charge is 0.302 e. The molecule has 5 N–H and O–H groups in total. The third-order valence-electron chi connectivity index (χ3n) is 8.80. The number of thiol groups is 1. The van der Waals surface area contributed by atoms with Crippen molar-refractivity contribution in [3.8, 4) is 23.0 Å². The maximum Gasteiger partial charge on any atom is 0.302 e. The van der Waals surface area contributed by atoms with Crippen molar-refractivity contribution in [3.05, 3.63) is 35.4 Å². The van der Waals surface area contributed by atoms with Crippen LogP contribution in [0.1, 0.15) is 66.7 Å². The van der Waals surface area contributed by atoms with Crippen molar-refractivity contribution in [1.82, 2.24) is 9.80 Å². The standard InChI is InChI=1S/C35H48N4O11S/c1-20(41)49-24-10-22(18-40)38(16-24)34(43)26-12-30(45-3)32(14-28(26)36)47-8-6-5-7-9-48-33-15-29(37)27(13-31(33)46-4)35(44)39-17-25(50-21(2)42)11-23(39)19-51/h12-15,22-25,40,51H,5-11,16-19,36-37H2,1-4H3/t22-,23-,24+,25+/m0/s1. The summed E-state index contributed by atoms with van der Waals surface area (Å²) in [5.74, 6) is 0.324. The molecule has 0 radical (unpaired) electrons. The number of hydrogen-bond donors (Lipinski definition) is 4. The number of anilines is 2. The van der Waals surface area contributed by atoms with E-state index in [-0.39, 0.29) is 54.1 Å². The van der Waals surface area contributed by atoms with E-state index in [1.165, 1.54) is 45.1 Å². The van der Waals surface area contributed by atoms with Gasteiger partial charge in [0.15, 0.2) is 23.0 Å². The van der Waals surface area contributed by atoms with E-state index in [0.29, 0.717) is 67.6 Å². The quantitative estimate of drug-likeness (QED) is 0.0850. The van der Waals surface area contributed by atoms with Gasteiger partial charge in [0.25, 0.3) is 11.8 Å². The normalized spacial score (nSPS) is 19.8. The lowest BCUT2D eigenvalue weighted by molar-refractivity contribution is -0.146. The van der Waals surface area contributed by atoms with Crippen molar-refractivity contribution in [3.63, 3.8) is 0 Å². The first kappa shape index (κ1) is 39.2. The van der Waals surface area contributed by atoms with Gasteiger partial charge in [-0.15, -0.1) is 0 Å². The Morgan fingerprint density at radius 1 is 0.725 bits per heavy atom. The number of likely N-dealkylation sites (tertiary alicyclic amines) is 2. The molecule has 16 heteroatoms. The van der Waals surface area contributed by atoms with Crippen LogP contribution in [0.3, 0.4) is 0 Å². The topological polar surface area (TPSA) is 202 Å². The van der Waals surface area contributed by atoms with Crippen LogP contribution in [0.25, 0.3) is 0 Å². The Morgan fingerprint density at radius 3 is 1.55 bits per heavy atom. The molecular formula is C35H48N4O11S.